The largest absolute Gasteiger partial charge is 0.349 e. The first-order valence-electron chi connectivity index (χ1n) is 9.28. The smallest absolute Gasteiger partial charge is 0.254 e. The highest BCUT2D eigenvalue weighted by molar-refractivity contribution is 6.15. The van der Waals surface area contributed by atoms with Crippen molar-refractivity contribution in [2.24, 2.45) is 5.92 Å². The monoisotopic (exact) mass is 382 g/mol. The highest BCUT2D eigenvalue weighted by atomic mass is 19.1. The summed E-state index contributed by atoms with van der Waals surface area (Å²) in [6.07, 6.45) is 1.22. The van der Waals surface area contributed by atoms with Crippen molar-refractivity contribution < 1.29 is 18.8 Å². The minimum Gasteiger partial charge on any atom is -0.349 e. The Kier molecular flexibility index (Phi) is 5.87. The summed E-state index contributed by atoms with van der Waals surface area (Å²) in [5, 5.41) is 0. The number of benzene rings is 2. The molecule has 1 saturated heterocycles. The van der Waals surface area contributed by atoms with E-state index in [2.05, 4.69) is 0 Å². The third-order valence-corrected chi connectivity index (χ3v) is 5.08. The molecule has 2 aromatic rings. The lowest BCUT2D eigenvalue weighted by atomic mass is 9.93. The lowest BCUT2D eigenvalue weighted by Gasteiger charge is -2.32. The van der Waals surface area contributed by atoms with Gasteiger partial charge in [-0.1, -0.05) is 18.2 Å². The number of amides is 2. The molecule has 0 spiro atoms. The van der Waals surface area contributed by atoms with E-state index in [0.29, 0.717) is 42.6 Å². The van der Waals surface area contributed by atoms with Crippen LogP contribution in [0.5, 0.6) is 0 Å². The predicted octanol–water partition coefficient (Wildman–Crippen LogP) is 3.00. The van der Waals surface area contributed by atoms with E-state index in [1.54, 1.807) is 48.2 Å². The second-order valence-corrected chi connectivity index (χ2v) is 7.18. The van der Waals surface area contributed by atoms with Gasteiger partial charge in [-0.3, -0.25) is 14.4 Å². The molecule has 0 saturated carbocycles. The van der Waals surface area contributed by atoms with E-state index in [1.165, 1.54) is 24.3 Å². The van der Waals surface area contributed by atoms with Gasteiger partial charge in [0.25, 0.3) is 5.91 Å². The number of rotatable bonds is 4. The highest BCUT2D eigenvalue weighted by Gasteiger charge is 2.30. The molecular formula is C22H23FN2O3. The van der Waals surface area contributed by atoms with Gasteiger partial charge in [0, 0.05) is 44.2 Å². The van der Waals surface area contributed by atoms with Crippen LogP contribution in [0.25, 0.3) is 0 Å². The van der Waals surface area contributed by atoms with Gasteiger partial charge in [-0.25, -0.2) is 4.39 Å². The second kappa shape index (κ2) is 8.33. The van der Waals surface area contributed by atoms with E-state index in [4.69, 9.17) is 0 Å². The fourth-order valence-electron chi connectivity index (χ4n) is 3.49. The molecule has 1 aliphatic rings. The normalized spacial score (nSPS) is 14.6. The van der Waals surface area contributed by atoms with Crippen LogP contribution in [-0.2, 0) is 4.79 Å². The Morgan fingerprint density at radius 2 is 1.50 bits per heavy atom. The van der Waals surface area contributed by atoms with E-state index < -0.39 is 5.82 Å². The van der Waals surface area contributed by atoms with Crippen LogP contribution < -0.4 is 0 Å². The highest BCUT2D eigenvalue weighted by Crippen LogP contribution is 2.23. The average Bonchev–Trinajstić information content (AvgIpc) is 2.72. The van der Waals surface area contributed by atoms with Gasteiger partial charge in [-0.2, -0.15) is 0 Å². The maximum Gasteiger partial charge on any atom is 0.254 e. The number of ketones is 1. The first-order valence-corrected chi connectivity index (χ1v) is 9.28. The molecule has 1 aliphatic heterocycles. The maximum absolute atomic E-state index is 13.1. The minimum atomic E-state index is -0.420. The van der Waals surface area contributed by atoms with Gasteiger partial charge in [0.2, 0.25) is 5.91 Å². The van der Waals surface area contributed by atoms with Crippen LogP contribution in [0.3, 0.4) is 0 Å². The number of hydrogen-bond donors (Lipinski definition) is 0. The van der Waals surface area contributed by atoms with Crippen LogP contribution in [-0.4, -0.2) is 54.6 Å². The summed E-state index contributed by atoms with van der Waals surface area (Å²) >= 11 is 0. The molecule has 0 aliphatic carbocycles. The fraction of sp³-hybridized carbons (Fsp3) is 0.318. The number of likely N-dealkylation sites (tertiary alicyclic amines) is 1. The van der Waals surface area contributed by atoms with Crippen molar-refractivity contribution in [3.05, 3.63) is 71.0 Å². The summed E-state index contributed by atoms with van der Waals surface area (Å²) in [5.74, 6) is -0.950. The Labute approximate surface area is 163 Å². The number of piperidine rings is 1. The zero-order chi connectivity index (χ0) is 20.3. The molecule has 146 valence electrons. The zero-order valence-corrected chi connectivity index (χ0v) is 16.0. The van der Waals surface area contributed by atoms with Gasteiger partial charge in [-0.15, -0.1) is 0 Å². The number of carbonyl (C=O) groups excluding carboxylic acids is 3. The van der Waals surface area contributed by atoms with Crippen LogP contribution in [0.2, 0.25) is 0 Å². The van der Waals surface area contributed by atoms with Crippen molar-refractivity contribution in [2.75, 3.05) is 27.2 Å². The van der Waals surface area contributed by atoms with Crippen molar-refractivity contribution in [2.45, 2.75) is 12.8 Å². The number of nitrogens with zero attached hydrogens (tertiary/aromatic N) is 2. The number of halogens is 1. The molecule has 1 heterocycles. The summed E-state index contributed by atoms with van der Waals surface area (Å²) in [6.45, 7) is 0.949. The van der Waals surface area contributed by atoms with Gasteiger partial charge in [0.1, 0.15) is 5.82 Å². The first kappa shape index (κ1) is 19.7. The SMILES string of the molecule is CN(C)C(=O)C1CCN(C(=O)c2ccccc2C(=O)c2ccc(F)cc2)CC1. The second-order valence-electron chi connectivity index (χ2n) is 7.18. The van der Waals surface area contributed by atoms with Crippen molar-refractivity contribution in [1.29, 1.82) is 0 Å². The number of carbonyl (C=O) groups is 3. The van der Waals surface area contributed by atoms with Crippen LogP contribution in [0.15, 0.2) is 48.5 Å². The molecule has 3 rings (SSSR count). The van der Waals surface area contributed by atoms with Gasteiger partial charge in [-0.05, 0) is 43.2 Å². The fourth-order valence-corrected chi connectivity index (χ4v) is 3.49. The third kappa shape index (κ3) is 4.11. The Morgan fingerprint density at radius 3 is 2.07 bits per heavy atom. The predicted molar refractivity (Wildman–Crippen MR) is 104 cm³/mol. The molecule has 0 radical (unpaired) electrons. The molecule has 2 amide bonds. The van der Waals surface area contributed by atoms with E-state index >= 15 is 0 Å². The lowest BCUT2D eigenvalue weighted by Crippen LogP contribution is -2.43. The molecule has 6 heteroatoms. The summed E-state index contributed by atoms with van der Waals surface area (Å²) in [4.78, 5) is 41.3. The standard InChI is InChI=1S/C22H23FN2O3/c1-24(2)21(27)16-11-13-25(14-12-16)22(28)19-6-4-3-5-18(19)20(26)15-7-9-17(23)10-8-15/h3-10,16H,11-14H2,1-2H3. The van der Waals surface area contributed by atoms with Crippen molar-refractivity contribution in [1.82, 2.24) is 9.80 Å². The molecule has 0 unspecified atom stereocenters. The van der Waals surface area contributed by atoms with Crippen molar-refractivity contribution in [3.63, 3.8) is 0 Å². The molecule has 28 heavy (non-hydrogen) atoms. The van der Waals surface area contributed by atoms with Crippen LogP contribution in [0.1, 0.15) is 39.1 Å². The zero-order valence-electron chi connectivity index (χ0n) is 16.0. The summed E-state index contributed by atoms with van der Waals surface area (Å²) < 4.78 is 13.1. The minimum absolute atomic E-state index is 0.0739. The van der Waals surface area contributed by atoms with E-state index in [-0.39, 0.29) is 23.5 Å². The van der Waals surface area contributed by atoms with Crippen LogP contribution in [0.4, 0.5) is 4.39 Å². The molecule has 5 nitrogen and oxygen atoms in total. The number of hydrogen-bond acceptors (Lipinski definition) is 3. The summed E-state index contributed by atoms with van der Waals surface area (Å²) in [5.41, 5.74) is 0.955. The first-order chi connectivity index (χ1) is 13.4. The van der Waals surface area contributed by atoms with Crippen molar-refractivity contribution >= 4 is 17.6 Å². The van der Waals surface area contributed by atoms with Gasteiger partial charge in [0.15, 0.2) is 5.78 Å². The Morgan fingerprint density at radius 1 is 0.929 bits per heavy atom. The Balaban J connectivity index is 1.78. The van der Waals surface area contributed by atoms with E-state index in [0.717, 1.165) is 0 Å². The van der Waals surface area contributed by atoms with Gasteiger partial charge < -0.3 is 9.80 Å². The lowest BCUT2D eigenvalue weighted by molar-refractivity contribution is -0.134. The molecule has 0 atom stereocenters. The average molecular weight is 382 g/mol. The third-order valence-electron chi connectivity index (χ3n) is 5.08. The van der Waals surface area contributed by atoms with Crippen molar-refractivity contribution in [3.8, 4) is 0 Å². The van der Waals surface area contributed by atoms with Gasteiger partial charge in [0.05, 0.1) is 5.56 Å². The van der Waals surface area contributed by atoms with E-state index in [9.17, 15) is 18.8 Å². The van der Waals surface area contributed by atoms with Crippen LogP contribution >= 0.6 is 0 Å². The van der Waals surface area contributed by atoms with Gasteiger partial charge >= 0.3 is 0 Å². The molecule has 1 fully saturated rings. The summed E-state index contributed by atoms with van der Waals surface area (Å²) in [6, 6.07) is 12.0. The molecule has 0 bridgehead atoms. The van der Waals surface area contributed by atoms with Crippen LogP contribution in [0, 0.1) is 11.7 Å². The topological polar surface area (TPSA) is 57.7 Å². The van der Waals surface area contributed by atoms with E-state index in [1.807, 2.05) is 0 Å². The maximum atomic E-state index is 13.1. The molecule has 0 aromatic heterocycles. The quantitative estimate of drug-likeness (QED) is 0.764. The Bertz CT molecular complexity index is 885. The molecule has 2 aromatic carbocycles. The Hall–Kier alpha value is -3.02. The summed E-state index contributed by atoms with van der Waals surface area (Å²) in [7, 11) is 3.47. The molecular weight excluding hydrogens is 359 g/mol. The molecule has 0 N–H and O–H groups in total.